The van der Waals surface area contributed by atoms with E-state index in [1.165, 1.54) is 20.8 Å². The highest BCUT2D eigenvalue weighted by molar-refractivity contribution is 5.90. The van der Waals surface area contributed by atoms with Gasteiger partial charge in [-0.15, -0.1) is 12.3 Å². The van der Waals surface area contributed by atoms with Crippen LogP contribution in [0.3, 0.4) is 0 Å². The van der Waals surface area contributed by atoms with Crippen LogP contribution in [0.2, 0.25) is 0 Å². The highest BCUT2D eigenvalue weighted by Gasteiger charge is 2.07. The van der Waals surface area contributed by atoms with Crippen LogP contribution in [0.4, 0.5) is 0 Å². The maximum atomic E-state index is 11.6. The Hall–Kier alpha value is -8.30. The second-order valence-electron chi connectivity index (χ2n) is 13.3. The number of hydrogen-bond acceptors (Lipinski definition) is 12. The molecule has 72 heavy (non-hydrogen) atoms. The van der Waals surface area contributed by atoms with Crippen molar-refractivity contribution < 1.29 is 57.2 Å². The summed E-state index contributed by atoms with van der Waals surface area (Å²) in [5.41, 5.74) is 4.77. The third-order valence-corrected chi connectivity index (χ3v) is 7.71. The molecule has 0 unspecified atom stereocenters. The first-order valence-electron chi connectivity index (χ1n) is 21.9. The van der Waals surface area contributed by atoms with E-state index < -0.39 is 0 Å². The maximum absolute atomic E-state index is 11.6. The van der Waals surface area contributed by atoms with Gasteiger partial charge in [0.2, 0.25) is 0 Å². The predicted octanol–water partition coefficient (Wildman–Crippen LogP) is 13.4. The van der Waals surface area contributed by atoms with E-state index in [0.717, 1.165) is 16.7 Å². The largest absolute Gasteiger partial charge is 0.466 e. The molecule has 6 aromatic carbocycles. The molecule has 0 saturated heterocycles. The van der Waals surface area contributed by atoms with Gasteiger partial charge in [0.1, 0.15) is 19.8 Å². The highest BCUT2D eigenvalue weighted by atomic mass is 16.5. The second kappa shape index (κ2) is 47.8. The molecule has 6 aromatic rings. The number of ether oxygens (including phenoxy) is 6. The zero-order chi connectivity index (χ0) is 51.3. The van der Waals surface area contributed by atoms with Gasteiger partial charge >= 0.3 is 35.8 Å². The molecule has 0 atom stereocenters. The summed E-state index contributed by atoms with van der Waals surface area (Å²) in [5.74, 6) is 0.755. The van der Waals surface area contributed by atoms with Gasteiger partial charge in [0.25, 0.3) is 0 Å². The van der Waals surface area contributed by atoms with Gasteiger partial charge in [-0.1, -0.05) is 168 Å². The number of benzene rings is 6. The van der Waals surface area contributed by atoms with E-state index >= 15 is 0 Å². The molecule has 0 aromatic heterocycles. The fourth-order valence-corrected chi connectivity index (χ4v) is 4.72. The Bertz CT molecular complexity index is 2190. The van der Waals surface area contributed by atoms with Crippen molar-refractivity contribution >= 4 is 35.8 Å². The van der Waals surface area contributed by atoms with Gasteiger partial charge in [-0.25, -0.2) is 14.4 Å². The maximum Gasteiger partial charge on any atom is 0.338 e. The first-order chi connectivity index (χ1) is 33.3. The molecule has 0 radical (unpaired) electrons. The summed E-state index contributed by atoms with van der Waals surface area (Å²) in [4.78, 5) is 64.3. The van der Waals surface area contributed by atoms with Crippen molar-refractivity contribution in [2.24, 2.45) is 0 Å². The number of rotatable bonds is 12. The summed E-state index contributed by atoms with van der Waals surface area (Å²) < 4.78 is 28.7. The Labute approximate surface area is 429 Å². The van der Waals surface area contributed by atoms with Crippen LogP contribution in [0.1, 0.15) is 119 Å². The van der Waals surface area contributed by atoms with Gasteiger partial charge in [0.15, 0.2) is 0 Å². The van der Waals surface area contributed by atoms with Gasteiger partial charge in [-0.3, -0.25) is 14.4 Å². The van der Waals surface area contributed by atoms with Crippen molar-refractivity contribution in [3.8, 4) is 12.3 Å². The van der Waals surface area contributed by atoms with Crippen LogP contribution < -0.4 is 0 Å². The lowest BCUT2D eigenvalue weighted by Gasteiger charge is -2.04. The fraction of sp³-hybridized carbons (Fsp3) is 0.267. The van der Waals surface area contributed by atoms with Gasteiger partial charge in [-0.2, -0.15) is 0 Å². The van der Waals surface area contributed by atoms with Crippen LogP contribution in [-0.2, 0) is 62.6 Å². The fourth-order valence-electron chi connectivity index (χ4n) is 4.72. The summed E-state index contributed by atoms with van der Waals surface area (Å²) in [6.07, 6.45) is 4.60. The van der Waals surface area contributed by atoms with E-state index in [0.29, 0.717) is 56.3 Å². The molecule has 12 heteroatoms. The van der Waals surface area contributed by atoms with Crippen LogP contribution in [0.25, 0.3) is 0 Å². The van der Waals surface area contributed by atoms with Gasteiger partial charge in [0, 0.05) is 20.8 Å². The lowest BCUT2D eigenvalue weighted by molar-refractivity contribution is -0.142. The van der Waals surface area contributed by atoms with Gasteiger partial charge < -0.3 is 28.4 Å². The monoisotopic (exact) mass is 989 g/mol. The average molecular weight is 989 g/mol. The van der Waals surface area contributed by atoms with Crippen LogP contribution in [0.5, 0.6) is 0 Å². The summed E-state index contributed by atoms with van der Waals surface area (Å²) in [7, 11) is 0. The van der Waals surface area contributed by atoms with E-state index in [2.05, 4.69) is 21.8 Å². The number of esters is 6. The topological polar surface area (TPSA) is 158 Å². The number of terminal acetylenes is 1. The molecule has 0 heterocycles. The average Bonchev–Trinajstić information content (AvgIpc) is 3.37. The van der Waals surface area contributed by atoms with Crippen LogP contribution >= 0.6 is 0 Å². The molecule has 388 valence electrons. The van der Waals surface area contributed by atoms with E-state index in [4.69, 9.17) is 18.9 Å². The molecule has 0 spiro atoms. The van der Waals surface area contributed by atoms with Crippen molar-refractivity contribution in [1.29, 1.82) is 0 Å². The summed E-state index contributed by atoms with van der Waals surface area (Å²) in [6.45, 7) is 13.6. The smallest absolute Gasteiger partial charge is 0.338 e. The first-order valence-corrected chi connectivity index (χ1v) is 21.9. The summed E-state index contributed by atoms with van der Waals surface area (Å²) in [5, 5.41) is 0. The standard InChI is InChI=1S/2C14H12O2.2C9H10O2.2C4H8O2.C3H4.3CH4/c2*15-14(13-9-5-2-6-10-13)16-11-12-7-3-1-4-8-12;1-8(10)11-7-9-5-3-2-4-6-9;1-2-11-9(10)8-6-4-3-5-7-8;2*1-3-6-4(2)5;1-3-2;;;/h2*1-10H,11H2;2-6H,7H2,1H3;3-7H,2H2,1H3;2*3H2,1-2H3;1H,2H3;3*1H4. The first kappa shape index (κ1) is 70.3. The van der Waals surface area contributed by atoms with E-state index in [1.807, 2.05) is 146 Å². The van der Waals surface area contributed by atoms with Crippen molar-refractivity contribution in [1.82, 2.24) is 0 Å². The molecule has 0 aliphatic heterocycles. The van der Waals surface area contributed by atoms with Crippen molar-refractivity contribution in [3.05, 3.63) is 215 Å². The molecule has 6 rings (SSSR count). The lowest BCUT2D eigenvalue weighted by atomic mass is 10.2. The molecular weight excluding hydrogens is 913 g/mol. The normalized spacial score (nSPS) is 8.53. The Morgan fingerprint density at radius 2 is 0.542 bits per heavy atom. The SMILES string of the molecule is C.C.C.C#CC.CC(=O)OCc1ccccc1.CCOC(=O)c1ccccc1.CCOC(C)=O.CCOC(C)=O.O=C(OCc1ccccc1)c1ccccc1.O=C(OCc1ccccc1)c1ccccc1. The molecule has 0 saturated carbocycles. The summed E-state index contributed by atoms with van der Waals surface area (Å²) >= 11 is 0. The molecule has 12 nitrogen and oxygen atoms in total. The third-order valence-electron chi connectivity index (χ3n) is 7.71. The number of carbonyl (C=O) groups is 6. The Balaban J connectivity index is -0.000000390. The molecule has 0 N–H and O–H groups in total. The van der Waals surface area contributed by atoms with Crippen molar-refractivity contribution in [2.45, 2.75) is 90.6 Å². The van der Waals surface area contributed by atoms with Crippen molar-refractivity contribution in [2.75, 3.05) is 19.8 Å². The van der Waals surface area contributed by atoms with Crippen molar-refractivity contribution in [3.63, 3.8) is 0 Å². The van der Waals surface area contributed by atoms with E-state index in [9.17, 15) is 28.8 Å². The Morgan fingerprint density at radius 3 is 0.736 bits per heavy atom. The number of carbonyl (C=O) groups excluding carboxylic acids is 6. The molecule has 0 amide bonds. The molecular formula is C60H76O12. The molecule has 0 aliphatic rings. The predicted molar refractivity (Wildman–Crippen MR) is 288 cm³/mol. The minimum Gasteiger partial charge on any atom is -0.466 e. The lowest BCUT2D eigenvalue weighted by Crippen LogP contribution is -2.04. The minimum atomic E-state index is -0.288. The molecule has 0 fully saturated rings. The van der Waals surface area contributed by atoms with Gasteiger partial charge in [0.05, 0.1) is 36.5 Å². The highest BCUT2D eigenvalue weighted by Crippen LogP contribution is 2.07. The van der Waals surface area contributed by atoms with Crippen LogP contribution in [0, 0.1) is 12.3 Å². The van der Waals surface area contributed by atoms with E-state index in [1.54, 1.807) is 64.1 Å². The third kappa shape index (κ3) is 39.7. The zero-order valence-corrected chi connectivity index (χ0v) is 40.5. The Kier molecular flexibility index (Phi) is 46.6. The Morgan fingerprint density at radius 1 is 0.347 bits per heavy atom. The minimum absolute atomic E-state index is 0. The van der Waals surface area contributed by atoms with Crippen LogP contribution in [0.15, 0.2) is 182 Å². The zero-order valence-electron chi connectivity index (χ0n) is 40.5. The quantitative estimate of drug-likeness (QED) is 0.0650. The molecule has 0 aliphatic carbocycles. The number of hydrogen-bond donors (Lipinski definition) is 0. The second-order valence-corrected chi connectivity index (χ2v) is 13.3. The van der Waals surface area contributed by atoms with Crippen LogP contribution in [-0.4, -0.2) is 55.6 Å². The van der Waals surface area contributed by atoms with E-state index in [-0.39, 0.29) is 58.1 Å². The summed E-state index contributed by atoms with van der Waals surface area (Å²) in [6, 6.07) is 55.8. The molecule has 0 bridgehead atoms. The van der Waals surface area contributed by atoms with Gasteiger partial charge in [-0.05, 0) is 80.8 Å².